The molecule has 1 atom stereocenters. The Balaban J connectivity index is 2.00. The molecule has 3 rings (SSSR count). The monoisotopic (exact) mass is 331 g/mol. The predicted octanol–water partition coefficient (Wildman–Crippen LogP) is 3.49. The molecule has 0 spiro atoms. The lowest BCUT2D eigenvalue weighted by Crippen LogP contribution is -2.24. The summed E-state index contributed by atoms with van der Waals surface area (Å²) in [6.45, 7) is 2.19. The number of nitrogens with one attached hydrogen (secondary N) is 1. The Morgan fingerprint density at radius 3 is 2.78 bits per heavy atom. The van der Waals surface area contributed by atoms with Crippen molar-refractivity contribution in [3.63, 3.8) is 0 Å². The van der Waals surface area contributed by atoms with E-state index in [9.17, 15) is 4.79 Å². The topological polar surface area (TPSA) is 58.6 Å². The van der Waals surface area contributed by atoms with Gasteiger partial charge in [-0.15, -0.1) is 0 Å². The minimum absolute atomic E-state index is 0.00269. The standard InChI is InChI=1S/C18H18ClNO3/c1-11-8-12(19)2-4-14(11)16-10-18(22)20-17-9-13(23-7-6-21)3-5-15(16)17/h2-5,8-9,16,21H,6-7,10H2,1H3,(H,20,22). The fourth-order valence-corrected chi connectivity index (χ4v) is 3.23. The summed E-state index contributed by atoms with van der Waals surface area (Å²) in [4.78, 5) is 12.1. The molecule has 1 aliphatic rings. The molecule has 1 unspecified atom stereocenters. The number of aliphatic hydroxyl groups is 1. The predicted molar refractivity (Wildman–Crippen MR) is 90.3 cm³/mol. The number of aryl methyl sites for hydroxylation is 1. The van der Waals surface area contributed by atoms with E-state index < -0.39 is 0 Å². The second-order valence-electron chi connectivity index (χ2n) is 5.63. The maximum atomic E-state index is 12.1. The van der Waals surface area contributed by atoms with Gasteiger partial charge in [0.05, 0.1) is 6.61 Å². The summed E-state index contributed by atoms with van der Waals surface area (Å²) in [6.07, 6.45) is 0.409. The van der Waals surface area contributed by atoms with Crippen molar-refractivity contribution in [1.29, 1.82) is 0 Å². The van der Waals surface area contributed by atoms with Gasteiger partial charge in [0.25, 0.3) is 0 Å². The third-order valence-electron chi connectivity index (χ3n) is 4.03. The van der Waals surface area contributed by atoms with Crippen LogP contribution in [0.1, 0.15) is 29.0 Å². The Bertz CT molecular complexity index is 745. The van der Waals surface area contributed by atoms with Gasteiger partial charge in [0, 0.05) is 29.1 Å². The van der Waals surface area contributed by atoms with Gasteiger partial charge in [0.1, 0.15) is 12.4 Å². The highest BCUT2D eigenvalue weighted by Crippen LogP contribution is 2.40. The van der Waals surface area contributed by atoms with Crippen LogP contribution >= 0.6 is 11.6 Å². The Labute approximate surface area is 140 Å². The molecule has 2 N–H and O–H groups in total. The van der Waals surface area contributed by atoms with Crippen molar-refractivity contribution in [3.05, 3.63) is 58.1 Å². The number of hydrogen-bond acceptors (Lipinski definition) is 3. The van der Waals surface area contributed by atoms with Crippen LogP contribution in [0.2, 0.25) is 5.02 Å². The molecule has 120 valence electrons. The van der Waals surface area contributed by atoms with E-state index in [2.05, 4.69) is 5.32 Å². The molecule has 0 aromatic heterocycles. The van der Waals surface area contributed by atoms with Gasteiger partial charge in [0.2, 0.25) is 5.91 Å². The van der Waals surface area contributed by atoms with Crippen molar-refractivity contribution in [2.24, 2.45) is 0 Å². The first-order valence-electron chi connectivity index (χ1n) is 7.52. The molecule has 0 saturated carbocycles. The molecule has 0 fully saturated rings. The van der Waals surface area contributed by atoms with Crippen LogP contribution in [0.4, 0.5) is 5.69 Å². The van der Waals surface area contributed by atoms with E-state index in [0.29, 0.717) is 17.2 Å². The minimum Gasteiger partial charge on any atom is -0.491 e. The molecule has 4 nitrogen and oxygen atoms in total. The Morgan fingerprint density at radius 2 is 2.04 bits per heavy atom. The van der Waals surface area contributed by atoms with Crippen LogP contribution in [0.15, 0.2) is 36.4 Å². The lowest BCUT2D eigenvalue weighted by molar-refractivity contribution is -0.116. The van der Waals surface area contributed by atoms with Crippen molar-refractivity contribution in [1.82, 2.24) is 0 Å². The normalized spacial score (nSPS) is 16.7. The van der Waals surface area contributed by atoms with Crippen LogP contribution in [0, 0.1) is 6.92 Å². The molecule has 0 bridgehead atoms. The van der Waals surface area contributed by atoms with E-state index in [1.165, 1.54) is 0 Å². The van der Waals surface area contributed by atoms with Gasteiger partial charge < -0.3 is 15.2 Å². The number of hydrogen-bond donors (Lipinski definition) is 2. The number of fused-ring (bicyclic) bond motifs is 1. The molecule has 0 aliphatic carbocycles. The summed E-state index contributed by atoms with van der Waals surface area (Å²) in [5.74, 6) is 0.616. The number of ether oxygens (including phenoxy) is 1. The molecule has 1 amide bonds. The Morgan fingerprint density at radius 1 is 1.26 bits per heavy atom. The zero-order chi connectivity index (χ0) is 16.4. The van der Waals surface area contributed by atoms with Crippen molar-refractivity contribution in [2.75, 3.05) is 18.5 Å². The average molecular weight is 332 g/mol. The van der Waals surface area contributed by atoms with Gasteiger partial charge in [-0.1, -0.05) is 23.7 Å². The molecular weight excluding hydrogens is 314 g/mol. The number of aliphatic hydroxyl groups excluding tert-OH is 1. The summed E-state index contributed by atoms with van der Waals surface area (Å²) in [5.41, 5.74) is 4.00. The first kappa shape index (κ1) is 15.8. The van der Waals surface area contributed by atoms with Crippen LogP contribution in [0.3, 0.4) is 0 Å². The van der Waals surface area contributed by atoms with Crippen LogP contribution in [-0.4, -0.2) is 24.2 Å². The molecule has 2 aromatic rings. The SMILES string of the molecule is Cc1cc(Cl)ccc1C1CC(=O)Nc2cc(OCCO)ccc21. The number of anilines is 1. The van der Waals surface area contributed by atoms with E-state index in [4.69, 9.17) is 21.4 Å². The molecule has 2 aromatic carbocycles. The molecule has 1 aliphatic heterocycles. The van der Waals surface area contributed by atoms with E-state index in [-0.39, 0.29) is 25.0 Å². The number of carbonyl (C=O) groups is 1. The highest BCUT2D eigenvalue weighted by atomic mass is 35.5. The van der Waals surface area contributed by atoms with Crippen LogP contribution in [0.5, 0.6) is 5.75 Å². The molecule has 1 heterocycles. The van der Waals surface area contributed by atoms with E-state index in [0.717, 1.165) is 22.4 Å². The highest BCUT2D eigenvalue weighted by Gasteiger charge is 2.27. The molecule has 0 radical (unpaired) electrons. The van der Waals surface area contributed by atoms with E-state index in [1.54, 1.807) is 6.07 Å². The van der Waals surface area contributed by atoms with Crippen molar-refractivity contribution >= 4 is 23.2 Å². The number of amides is 1. The molecule has 0 saturated heterocycles. The van der Waals surface area contributed by atoms with Gasteiger partial charge >= 0.3 is 0 Å². The van der Waals surface area contributed by atoms with Crippen molar-refractivity contribution in [2.45, 2.75) is 19.3 Å². The van der Waals surface area contributed by atoms with Gasteiger partial charge in [-0.05, 0) is 41.8 Å². The fourth-order valence-electron chi connectivity index (χ4n) is 3.00. The second-order valence-corrected chi connectivity index (χ2v) is 6.06. The van der Waals surface area contributed by atoms with Gasteiger partial charge in [-0.3, -0.25) is 4.79 Å². The van der Waals surface area contributed by atoms with E-state index in [1.807, 2.05) is 37.3 Å². The van der Waals surface area contributed by atoms with Crippen molar-refractivity contribution in [3.8, 4) is 5.75 Å². The highest BCUT2D eigenvalue weighted by molar-refractivity contribution is 6.30. The number of halogens is 1. The third kappa shape index (κ3) is 3.33. The van der Waals surface area contributed by atoms with Gasteiger partial charge in [-0.2, -0.15) is 0 Å². The lowest BCUT2D eigenvalue weighted by atomic mass is 9.83. The summed E-state index contributed by atoms with van der Waals surface area (Å²) in [6, 6.07) is 11.4. The third-order valence-corrected chi connectivity index (χ3v) is 4.27. The largest absolute Gasteiger partial charge is 0.491 e. The van der Waals surface area contributed by atoms with Crippen LogP contribution < -0.4 is 10.1 Å². The quantitative estimate of drug-likeness (QED) is 0.901. The van der Waals surface area contributed by atoms with Crippen LogP contribution in [0.25, 0.3) is 0 Å². The number of carbonyl (C=O) groups excluding carboxylic acids is 1. The molecule has 5 heteroatoms. The number of benzene rings is 2. The summed E-state index contributed by atoms with van der Waals surface area (Å²) in [5, 5.41) is 12.4. The summed E-state index contributed by atoms with van der Waals surface area (Å²) < 4.78 is 5.42. The first-order chi connectivity index (χ1) is 11.1. The van der Waals surface area contributed by atoms with Gasteiger partial charge in [0.15, 0.2) is 0 Å². The maximum Gasteiger partial charge on any atom is 0.225 e. The minimum atomic E-state index is -0.0456. The zero-order valence-corrected chi connectivity index (χ0v) is 13.6. The van der Waals surface area contributed by atoms with Crippen LogP contribution in [-0.2, 0) is 4.79 Å². The first-order valence-corrected chi connectivity index (χ1v) is 7.90. The average Bonchev–Trinajstić information content (AvgIpc) is 2.52. The Hall–Kier alpha value is -2.04. The van der Waals surface area contributed by atoms with E-state index >= 15 is 0 Å². The Kier molecular flexibility index (Phi) is 4.55. The number of rotatable bonds is 4. The second kappa shape index (κ2) is 6.60. The maximum absolute atomic E-state index is 12.1. The summed E-state index contributed by atoms with van der Waals surface area (Å²) in [7, 11) is 0. The summed E-state index contributed by atoms with van der Waals surface area (Å²) >= 11 is 6.04. The smallest absolute Gasteiger partial charge is 0.225 e. The van der Waals surface area contributed by atoms with Crippen molar-refractivity contribution < 1.29 is 14.6 Å². The lowest BCUT2D eigenvalue weighted by Gasteiger charge is -2.27. The molecule has 23 heavy (non-hydrogen) atoms. The molecular formula is C18H18ClNO3. The van der Waals surface area contributed by atoms with Gasteiger partial charge in [-0.25, -0.2) is 0 Å². The fraction of sp³-hybridized carbons (Fsp3) is 0.278. The zero-order valence-electron chi connectivity index (χ0n) is 12.8.